The van der Waals surface area contributed by atoms with Gasteiger partial charge in [0.05, 0.1) is 0 Å². The van der Waals surface area contributed by atoms with Crippen LogP contribution in [0.15, 0.2) is 72.8 Å². The van der Waals surface area contributed by atoms with E-state index in [0.29, 0.717) is 5.92 Å². The number of carbonyl (C=O) groups is 1. The number of hydrogen-bond donors (Lipinski definition) is 1. The molecule has 0 atom stereocenters. The molecule has 1 amide bonds. The molecule has 1 aliphatic heterocycles. The predicted octanol–water partition coefficient (Wildman–Crippen LogP) is 6.11. The predicted molar refractivity (Wildman–Crippen MR) is 136 cm³/mol. The molecule has 1 heterocycles. The summed E-state index contributed by atoms with van der Waals surface area (Å²) in [6, 6.07) is 27.9. The monoisotopic (exact) mass is 438 g/mol. The molecule has 169 valence electrons. The van der Waals surface area contributed by atoms with Gasteiger partial charge in [0.2, 0.25) is 0 Å². The van der Waals surface area contributed by atoms with Gasteiger partial charge in [0.25, 0.3) is 5.91 Å². The van der Waals surface area contributed by atoms with E-state index in [-0.39, 0.29) is 5.91 Å². The lowest BCUT2D eigenvalue weighted by atomic mass is 9.82. The van der Waals surface area contributed by atoms with Crippen molar-refractivity contribution < 1.29 is 4.79 Å². The van der Waals surface area contributed by atoms with Gasteiger partial charge in [-0.15, -0.1) is 0 Å². The molecule has 2 aliphatic rings. The lowest BCUT2D eigenvalue weighted by molar-refractivity contribution is 0.102. The highest BCUT2D eigenvalue weighted by atomic mass is 16.1. The Hall–Kier alpha value is -3.27. The number of para-hydroxylation sites is 1. The first kappa shape index (κ1) is 21.6. The van der Waals surface area contributed by atoms with E-state index in [0.717, 1.165) is 37.4 Å². The van der Waals surface area contributed by atoms with E-state index in [1.54, 1.807) is 0 Å². The first-order valence-corrected chi connectivity index (χ1v) is 12.2. The van der Waals surface area contributed by atoms with Gasteiger partial charge in [0, 0.05) is 54.9 Å². The van der Waals surface area contributed by atoms with Gasteiger partial charge in [-0.25, -0.2) is 0 Å². The largest absolute Gasteiger partial charge is 0.368 e. The van der Waals surface area contributed by atoms with Crippen molar-refractivity contribution in [1.29, 1.82) is 0 Å². The van der Waals surface area contributed by atoms with Gasteiger partial charge in [-0.05, 0) is 60.7 Å². The average molecular weight is 439 g/mol. The fraction of sp³-hybridized carbons (Fsp3) is 0.345. The van der Waals surface area contributed by atoms with Crippen molar-refractivity contribution in [3.63, 3.8) is 0 Å². The summed E-state index contributed by atoms with van der Waals surface area (Å²) in [5.74, 6) is 0.506. The highest BCUT2D eigenvalue weighted by Gasteiger charge is 2.21. The van der Waals surface area contributed by atoms with Gasteiger partial charge in [0.15, 0.2) is 0 Å². The summed E-state index contributed by atoms with van der Waals surface area (Å²) >= 11 is 0. The first-order valence-electron chi connectivity index (χ1n) is 12.2. The third-order valence-corrected chi connectivity index (χ3v) is 7.05. The molecule has 33 heavy (non-hydrogen) atoms. The Kier molecular flexibility index (Phi) is 6.61. The average Bonchev–Trinajstić information content (AvgIpc) is 2.90. The third-order valence-electron chi connectivity index (χ3n) is 7.05. The third kappa shape index (κ3) is 5.05. The zero-order valence-electron chi connectivity index (χ0n) is 19.2. The number of hydrogen-bond acceptors (Lipinski definition) is 3. The van der Waals surface area contributed by atoms with E-state index in [4.69, 9.17) is 0 Å². The summed E-state index contributed by atoms with van der Waals surface area (Å²) in [4.78, 5) is 17.9. The molecule has 4 nitrogen and oxygen atoms in total. The first-order chi connectivity index (χ1) is 16.3. The normalized spacial score (nSPS) is 17.1. The molecule has 3 aromatic carbocycles. The number of nitrogens with one attached hydrogen (secondary N) is 1. The molecule has 1 aliphatic carbocycles. The molecule has 4 heteroatoms. The summed E-state index contributed by atoms with van der Waals surface area (Å²) < 4.78 is 0. The van der Waals surface area contributed by atoms with Crippen LogP contribution in [0.1, 0.15) is 53.9 Å². The van der Waals surface area contributed by atoms with Crippen LogP contribution in [0, 0.1) is 6.07 Å². The van der Waals surface area contributed by atoms with Gasteiger partial charge in [-0.1, -0.05) is 55.7 Å². The molecule has 1 radical (unpaired) electrons. The Morgan fingerprint density at radius 3 is 2.21 bits per heavy atom. The van der Waals surface area contributed by atoms with Gasteiger partial charge in [0.1, 0.15) is 0 Å². The molecule has 1 saturated carbocycles. The second kappa shape index (κ2) is 10.1. The molecule has 1 saturated heterocycles. The Balaban J connectivity index is 1.21. The van der Waals surface area contributed by atoms with E-state index in [2.05, 4.69) is 57.6 Å². The Bertz CT molecular complexity index is 1050. The highest BCUT2D eigenvalue weighted by molar-refractivity contribution is 6.05. The van der Waals surface area contributed by atoms with Gasteiger partial charge < -0.3 is 15.1 Å². The molecule has 1 N–H and O–H groups in total. The summed E-state index contributed by atoms with van der Waals surface area (Å²) in [5.41, 5.74) is 5.25. The molecule has 0 spiro atoms. The number of piperazine rings is 1. The van der Waals surface area contributed by atoms with Crippen LogP contribution < -0.4 is 15.1 Å². The van der Waals surface area contributed by atoms with Crippen LogP contribution >= 0.6 is 0 Å². The molecule has 0 bridgehead atoms. The lowest BCUT2D eigenvalue weighted by Crippen LogP contribution is -2.46. The van der Waals surface area contributed by atoms with E-state index in [1.165, 1.54) is 49.0 Å². The zero-order chi connectivity index (χ0) is 22.5. The summed E-state index contributed by atoms with van der Waals surface area (Å²) in [5, 5.41) is 3.13. The Morgan fingerprint density at radius 1 is 0.788 bits per heavy atom. The molecule has 3 aromatic rings. The van der Waals surface area contributed by atoms with Crippen molar-refractivity contribution in [2.75, 3.05) is 41.3 Å². The fourth-order valence-electron chi connectivity index (χ4n) is 5.21. The number of carbonyl (C=O) groups excluding carboxylic acids is 1. The zero-order valence-corrected chi connectivity index (χ0v) is 19.2. The van der Waals surface area contributed by atoms with Crippen molar-refractivity contribution in [1.82, 2.24) is 0 Å². The minimum absolute atomic E-state index is 0.00310. The second-order valence-corrected chi connectivity index (χ2v) is 9.15. The van der Waals surface area contributed by atoms with Crippen molar-refractivity contribution in [2.45, 2.75) is 38.0 Å². The quantitative estimate of drug-likeness (QED) is 0.522. The molecular formula is C29H32N3O. The van der Waals surface area contributed by atoms with Crippen LogP contribution in [0.3, 0.4) is 0 Å². The van der Waals surface area contributed by atoms with Crippen LogP contribution in [0.2, 0.25) is 0 Å². The van der Waals surface area contributed by atoms with Gasteiger partial charge in [-0.2, -0.15) is 0 Å². The molecule has 0 unspecified atom stereocenters. The maximum Gasteiger partial charge on any atom is 0.255 e. The number of nitrogens with zero attached hydrogens (tertiary/aromatic N) is 2. The SMILES string of the molecule is O=C(Nc1ccc(N2CCN(c3[c]cccc3)CC2)cc1)c1ccccc1C1CCCCC1. The smallest absolute Gasteiger partial charge is 0.255 e. The Labute approximate surface area is 197 Å². The Morgan fingerprint density at radius 2 is 1.48 bits per heavy atom. The van der Waals surface area contributed by atoms with E-state index >= 15 is 0 Å². The minimum atomic E-state index is -0.00310. The number of amides is 1. The molecular weight excluding hydrogens is 406 g/mol. The second-order valence-electron chi connectivity index (χ2n) is 9.15. The van der Waals surface area contributed by atoms with E-state index < -0.39 is 0 Å². The summed E-state index contributed by atoms with van der Waals surface area (Å²) in [6.07, 6.45) is 6.22. The number of rotatable bonds is 5. The van der Waals surface area contributed by atoms with Crippen LogP contribution in [0.4, 0.5) is 17.1 Å². The lowest BCUT2D eigenvalue weighted by Gasteiger charge is -2.37. The maximum atomic E-state index is 13.1. The fourth-order valence-corrected chi connectivity index (χ4v) is 5.21. The van der Waals surface area contributed by atoms with Crippen LogP contribution in [0.5, 0.6) is 0 Å². The maximum absolute atomic E-state index is 13.1. The van der Waals surface area contributed by atoms with Gasteiger partial charge in [-0.3, -0.25) is 4.79 Å². The number of benzene rings is 3. The summed E-state index contributed by atoms with van der Waals surface area (Å²) in [7, 11) is 0. The van der Waals surface area contributed by atoms with Crippen molar-refractivity contribution >= 4 is 23.0 Å². The number of anilines is 3. The van der Waals surface area contributed by atoms with E-state index in [1.807, 2.05) is 36.4 Å². The summed E-state index contributed by atoms with van der Waals surface area (Å²) in [6.45, 7) is 3.92. The molecule has 2 fully saturated rings. The van der Waals surface area contributed by atoms with Crippen LogP contribution in [-0.2, 0) is 0 Å². The molecule has 0 aromatic heterocycles. The topological polar surface area (TPSA) is 35.6 Å². The molecule has 5 rings (SSSR count). The highest BCUT2D eigenvalue weighted by Crippen LogP contribution is 2.34. The van der Waals surface area contributed by atoms with Crippen LogP contribution in [-0.4, -0.2) is 32.1 Å². The van der Waals surface area contributed by atoms with Crippen LogP contribution in [0.25, 0.3) is 0 Å². The van der Waals surface area contributed by atoms with E-state index in [9.17, 15) is 4.79 Å². The van der Waals surface area contributed by atoms with Crippen molar-refractivity contribution in [3.8, 4) is 0 Å². The standard InChI is InChI=1S/C29H32N3O/c33-29(28-14-8-7-13-27(28)23-9-3-1-4-10-23)30-24-15-17-26(18-16-24)32-21-19-31(20-22-32)25-11-5-2-6-12-25/h2,5-8,11,13-18,23H,1,3-4,9-10,19-22H2,(H,30,33). The minimum Gasteiger partial charge on any atom is -0.368 e. The van der Waals surface area contributed by atoms with Crippen molar-refractivity contribution in [3.05, 3.63) is 90.0 Å². The van der Waals surface area contributed by atoms with Crippen molar-refractivity contribution in [2.24, 2.45) is 0 Å². The van der Waals surface area contributed by atoms with Gasteiger partial charge >= 0.3 is 0 Å².